The van der Waals surface area contributed by atoms with Crippen LogP contribution in [0.2, 0.25) is 0 Å². The number of benzene rings is 2. The third-order valence-corrected chi connectivity index (χ3v) is 6.06. The molecule has 0 aliphatic carbocycles. The SMILES string of the molecule is CCOc1ccc(/C=C/C(=O)Nc2nc3ccc(S(C)(=O)=O)cc3s2)cc1OCC. The Hall–Kier alpha value is -2.91. The van der Waals surface area contributed by atoms with Crippen LogP contribution in [0.3, 0.4) is 0 Å². The number of hydrogen-bond acceptors (Lipinski definition) is 7. The fraction of sp³-hybridized carbons (Fsp3) is 0.238. The molecule has 0 aliphatic rings. The highest BCUT2D eigenvalue weighted by atomic mass is 32.2. The lowest BCUT2D eigenvalue weighted by Crippen LogP contribution is -2.07. The molecule has 3 aromatic rings. The molecule has 1 amide bonds. The van der Waals surface area contributed by atoms with Crippen molar-refractivity contribution in [3.8, 4) is 11.5 Å². The zero-order chi connectivity index (χ0) is 21.7. The van der Waals surface area contributed by atoms with Gasteiger partial charge in [-0.1, -0.05) is 17.4 Å². The Morgan fingerprint density at radius 3 is 2.53 bits per heavy atom. The van der Waals surface area contributed by atoms with E-state index >= 15 is 0 Å². The first-order valence-electron chi connectivity index (χ1n) is 9.29. The van der Waals surface area contributed by atoms with Crippen LogP contribution in [0.5, 0.6) is 11.5 Å². The molecule has 0 unspecified atom stereocenters. The molecule has 0 saturated heterocycles. The second-order valence-corrected chi connectivity index (χ2v) is 9.36. The molecular weight excluding hydrogens is 424 g/mol. The molecule has 158 valence electrons. The van der Waals surface area contributed by atoms with E-state index in [0.29, 0.717) is 40.1 Å². The highest BCUT2D eigenvalue weighted by molar-refractivity contribution is 7.90. The van der Waals surface area contributed by atoms with Crippen LogP contribution in [-0.2, 0) is 14.6 Å². The molecule has 0 atom stereocenters. The number of anilines is 1. The van der Waals surface area contributed by atoms with E-state index in [1.54, 1.807) is 24.3 Å². The zero-order valence-corrected chi connectivity index (χ0v) is 18.5. The van der Waals surface area contributed by atoms with Crippen molar-refractivity contribution in [1.29, 1.82) is 0 Å². The van der Waals surface area contributed by atoms with Crippen LogP contribution >= 0.6 is 11.3 Å². The van der Waals surface area contributed by atoms with Gasteiger partial charge in [0.1, 0.15) is 0 Å². The second-order valence-electron chi connectivity index (χ2n) is 6.32. The van der Waals surface area contributed by atoms with Gasteiger partial charge in [0.2, 0.25) is 5.91 Å². The van der Waals surface area contributed by atoms with E-state index in [-0.39, 0.29) is 10.8 Å². The van der Waals surface area contributed by atoms with Gasteiger partial charge in [-0.25, -0.2) is 13.4 Å². The first kappa shape index (κ1) is 21.8. The van der Waals surface area contributed by atoms with Crippen molar-refractivity contribution in [3.05, 3.63) is 48.0 Å². The maximum atomic E-state index is 12.3. The van der Waals surface area contributed by atoms with E-state index < -0.39 is 9.84 Å². The van der Waals surface area contributed by atoms with E-state index in [0.717, 1.165) is 11.8 Å². The lowest BCUT2D eigenvalue weighted by molar-refractivity contribution is -0.111. The van der Waals surface area contributed by atoms with Crippen molar-refractivity contribution in [1.82, 2.24) is 4.98 Å². The molecule has 7 nitrogen and oxygen atoms in total. The number of aromatic nitrogens is 1. The number of fused-ring (bicyclic) bond motifs is 1. The van der Waals surface area contributed by atoms with Crippen LogP contribution in [-0.4, -0.2) is 38.8 Å². The topological polar surface area (TPSA) is 94.6 Å². The minimum Gasteiger partial charge on any atom is -0.490 e. The molecule has 1 heterocycles. The molecule has 0 radical (unpaired) electrons. The van der Waals surface area contributed by atoms with E-state index in [4.69, 9.17) is 9.47 Å². The Kier molecular flexibility index (Phi) is 6.73. The largest absolute Gasteiger partial charge is 0.490 e. The highest BCUT2D eigenvalue weighted by Crippen LogP contribution is 2.30. The number of nitrogens with one attached hydrogen (secondary N) is 1. The number of sulfone groups is 1. The van der Waals surface area contributed by atoms with Crippen LogP contribution in [0.1, 0.15) is 19.4 Å². The Balaban J connectivity index is 1.73. The van der Waals surface area contributed by atoms with Crippen LogP contribution < -0.4 is 14.8 Å². The summed E-state index contributed by atoms with van der Waals surface area (Å²) in [5.74, 6) is 0.933. The summed E-state index contributed by atoms with van der Waals surface area (Å²) in [5.41, 5.74) is 1.42. The van der Waals surface area contributed by atoms with Gasteiger partial charge in [0.25, 0.3) is 0 Å². The van der Waals surface area contributed by atoms with Crippen molar-refractivity contribution in [3.63, 3.8) is 0 Å². The van der Waals surface area contributed by atoms with E-state index in [2.05, 4.69) is 10.3 Å². The second kappa shape index (κ2) is 9.27. The number of amides is 1. The molecule has 0 fully saturated rings. The number of carbonyl (C=O) groups is 1. The number of rotatable bonds is 8. The first-order valence-corrected chi connectivity index (χ1v) is 12.0. The monoisotopic (exact) mass is 446 g/mol. The Morgan fingerprint density at radius 2 is 1.83 bits per heavy atom. The van der Waals surface area contributed by atoms with Crippen LogP contribution in [0.4, 0.5) is 5.13 Å². The molecule has 1 aromatic heterocycles. The standard InChI is InChI=1S/C21H22N2O5S2/c1-4-27-17-10-6-14(12-18(17)28-5-2)7-11-20(24)23-21-22-16-9-8-15(30(3,25)26)13-19(16)29-21/h6-13H,4-5H2,1-3H3,(H,22,23,24)/b11-7+. The minimum atomic E-state index is -3.30. The quantitative estimate of drug-likeness (QED) is 0.523. The predicted molar refractivity (Wildman–Crippen MR) is 119 cm³/mol. The summed E-state index contributed by atoms with van der Waals surface area (Å²) in [6.45, 7) is 4.83. The Labute approximate surface area is 179 Å². The third-order valence-electron chi connectivity index (χ3n) is 4.01. The van der Waals surface area contributed by atoms with Crippen molar-refractivity contribution < 1.29 is 22.7 Å². The van der Waals surface area contributed by atoms with Crippen molar-refractivity contribution in [2.24, 2.45) is 0 Å². The Morgan fingerprint density at radius 1 is 1.10 bits per heavy atom. The molecule has 9 heteroatoms. The van der Waals surface area contributed by atoms with Gasteiger partial charge in [0.15, 0.2) is 26.5 Å². The molecule has 0 aliphatic heterocycles. The number of thiazole rings is 1. The number of carbonyl (C=O) groups excluding carboxylic acids is 1. The molecule has 1 N–H and O–H groups in total. The summed E-state index contributed by atoms with van der Waals surface area (Å²) in [6, 6.07) is 10.1. The van der Waals surface area contributed by atoms with E-state index in [9.17, 15) is 13.2 Å². The number of hydrogen-bond donors (Lipinski definition) is 1. The molecular formula is C21H22N2O5S2. The van der Waals surface area contributed by atoms with Gasteiger partial charge in [-0.15, -0.1) is 0 Å². The highest BCUT2D eigenvalue weighted by Gasteiger charge is 2.11. The molecule has 30 heavy (non-hydrogen) atoms. The smallest absolute Gasteiger partial charge is 0.250 e. The van der Waals surface area contributed by atoms with Crippen molar-refractivity contribution >= 4 is 48.5 Å². The summed E-state index contributed by atoms with van der Waals surface area (Å²) < 4.78 is 35.2. The predicted octanol–water partition coefficient (Wildman–Crippen LogP) is 4.15. The average molecular weight is 447 g/mol. The minimum absolute atomic E-state index is 0.219. The average Bonchev–Trinajstić information content (AvgIpc) is 3.09. The summed E-state index contributed by atoms with van der Waals surface area (Å²) >= 11 is 1.22. The van der Waals surface area contributed by atoms with Crippen LogP contribution in [0.25, 0.3) is 16.3 Å². The molecule has 0 bridgehead atoms. The number of ether oxygens (including phenoxy) is 2. The van der Waals surface area contributed by atoms with Gasteiger partial charge in [-0.05, 0) is 55.8 Å². The zero-order valence-electron chi connectivity index (χ0n) is 16.8. The summed E-state index contributed by atoms with van der Waals surface area (Å²) in [7, 11) is -3.30. The van der Waals surface area contributed by atoms with E-state index in [1.165, 1.54) is 23.5 Å². The van der Waals surface area contributed by atoms with E-state index in [1.807, 2.05) is 26.0 Å². The lowest BCUT2D eigenvalue weighted by Gasteiger charge is -2.11. The van der Waals surface area contributed by atoms with Gasteiger partial charge in [-0.3, -0.25) is 10.1 Å². The van der Waals surface area contributed by atoms with Gasteiger partial charge in [0.05, 0.1) is 28.3 Å². The summed E-state index contributed by atoms with van der Waals surface area (Å²) in [4.78, 5) is 16.8. The van der Waals surface area contributed by atoms with Crippen molar-refractivity contribution in [2.75, 3.05) is 24.8 Å². The third kappa shape index (κ3) is 5.37. The Bertz CT molecular complexity index is 1200. The molecule has 3 rings (SSSR count). The summed E-state index contributed by atoms with van der Waals surface area (Å²) in [5, 5.41) is 3.10. The van der Waals surface area contributed by atoms with Crippen LogP contribution in [0, 0.1) is 0 Å². The molecule has 0 saturated carbocycles. The van der Waals surface area contributed by atoms with Crippen LogP contribution in [0.15, 0.2) is 47.4 Å². The van der Waals surface area contributed by atoms with Crippen molar-refractivity contribution in [2.45, 2.75) is 18.7 Å². The number of nitrogens with zero attached hydrogens (tertiary/aromatic N) is 1. The fourth-order valence-corrected chi connectivity index (χ4v) is 4.31. The normalized spacial score (nSPS) is 11.7. The first-order chi connectivity index (χ1) is 14.3. The van der Waals surface area contributed by atoms with Gasteiger partial charge >= 0.3 is 0 Å². The summed E-state index contributed by atoms with van der Waals surface area (Å²) in [6.07, 6.45) is 4.22. The van der Waals surface area contributed by atoms with Gasteiger partial charge in [0, 0.05) is 12.3 Å². The van der Waals surface area contributed by atoms with Gasteiger partial charge < -0.3 is 9.47 Å². The lowest BCUT2D eigenvalue weighted by atomic mass is 10.2. The fourth-order valence-electron chi connectivity index (χ4n) is 2.68. The maximum absolute atomic E-state index is 12.3. The maximum Gasteiger partial charge on any atom is 0.250 e. The molecule has 0 spiro atoms. The molecule has 2 aromatic carbocycles. The van der Waals surface area contributed by atoms with Gasteiger partial charge in [-0.2, -0.15) is 0 Å².